The van der Waals surface area contributed by atoms with Crippen LogP contribution in [0.1, 0.15) is 30.9 Å². The Bertz CT molecular complexity index is 769. The number of aryl methyl sites for hydroxylation is 1. The highest BCUT2D eigenvalue weighted by Gasteiger charge is 2.57. The molecule has 1 aliphatic heterocycles. The van der Waals surface area contributed by atoms with Crippen molar-refractivity contribution in [1.29, 1.82) is 0 Å². The van der Waals surface area contributed by atoms with Gasteiger partial charge in [0.05, 0.1) is 5.75 Å². The molecule has 0 spiro atoms. The average molecular weight is 360 g/mol. The second kappa shape index (κ2) is 6.53. The highest BCUT2D eigenvalue weighted by atomic mass is 32.3. The van der Waals surface area contributed by atoms with Crippen LogP contribution in [0.5, 0.6) is 0 Å². The second-order valence-corrected chi connectivity index (χ2v) is 11.4. The van der Waals surface area contributed by atoms with Crippen LogP contribution >= 0.6 is 0 Å². The lowest BCUT2D eigenvalue weighted by molar-refractivity contribution is 0.385. The maximum Gasteiger partial charge on any atom is 0.198 e. The van der Waals surface area contributed by atoms with Gasteiger partial charge in [-0.25, -0.2) is 16.8 Å². The quantitative estimate of drug-likeness (QED) is 0.771. The zero-order valence-electron chi connectivity index (χ0n) is 13.9. The van der Waals surface area contributed by atoms with Gasteiger partial charge in [-0.1, -0.05) is 31.2 Å². The van der Waals surface area contributed by atoms with Gasteiger partial charge in [0.15, 0.2) is 23.8 Å². The molecule has 1 aromatic rings. The van der Waals surface area contributed by atoms with E-state index in [0.29, 0.717) is 24.9 Å². The normalized spacial score (nSPS) is 23.7. The van der Waals surface area contributed by atoms with Crippen molar-refractivity contribution in [2.24, 2.45) is 0 Å². The maximum absolute atomic E-state index is 13.0. The zero-order valence-corrected chi connectivity index (χ0v) is 15.6. The Morgan fingerprint density at radius 2 is 1.87 bits per heavy atom. The summed E-state index contributed by atoms with van der Waals surface area (Å²) in [5, 5.41) is 0. The van der Waals surface area contributed by atoms with Crippen LogP contribution in [0, 0.1) is 0 Å². The van der Waals surface area contributed by atoms with Gasteiger partial charge in [-0.05, 0) is 51.0 Å². The topological polar surface area (TPSA) is 71.5 Å². The second-order valence-electron chi connectivity index (χ2n) is 6.29. The number of hydrogen-bond acceptors (Lipinski definition) is 5. The Morgan fingerprint density at radius 1 is 1.22 bits per heavy atom. The number of benzene rings is 1. The van der Waals surface area contributed by atoms with E-state index in [1.54, 1.807) is 12.1 Å². The molecule has 0 fully saturated rings. The minimum absolute atomic E-state index is 0.106. The molecule has 0 saturated carbocycles. The van der Waals surface area contributed by atoms with Crippen molar-refractivity contribution in [2.75, 3.05) is 32.1 Å². The monoisotopic (exact) mass is 359 g/mol. The van der Waals surface area contributed by atoms with Crippen molar-refractivity contribution in [1.82, 2.24) is 4.90 Å². The summed E-state index contributed by atoms with van der Waals surface area (Å²) in [6, 6.07) is 7.08. The van der Waals surface area contributed by atoms with Crippen molar-refractivity contribution in [2.45, 2.75) is 30.3 Å². The van der Waals surface area contributed by atoms with E-state index in [1.165, 1.54) is 6.92 Å². The van der Waals surface area contributed by atoms with Gasteiger partial charge in [-0.15, -0.1) is 0 Å². The fraction of sp³-hybridized carbons (Fsp3) is 0.625. The van der Waals surface area contributed by atoms with E-state index in [2.05, 4.69) is 0 Å². The van der Waals surface area contributed by atoms with Crippen molar-refractivity contribution in [3.8, 4) is 0 Å². The summed E-state index contributed by atoms with van der Waals surface area (Å²) in [4.78, 5) is 1.94. The van der Waals surface area contributed by atoms with Gasteiger partial charge in [0.1, 0.15) is 0 Å². The number of fused-ring (bicyclic) bond motifs is 1. The van der Waals surface area contributed by atoms with Gasteiger partial charge in [0.25, 0.3) is 0 Å². The zero-order chi connectivity index (χ0) is 17.3. The summed E-state index contributed by atoms with van der Waals surface area (Å²) in [7, 11) is -3.79. The molecule has 0 aromatic heterocycles. The summed E-state index contributed by atoms with van der Waals surface area (Å²) in [5.74, 6) is -0.284. The lowest BCUT2D eigenvalue weighted by atomic mass is 9.98. The third kappa shape index (κ3) is 3.06. The van der Waals surface area contributed by atoms with E-state index in [-0.39, 0.29) is 17.9 Å². The fourth-order valence-electron chi connectivity index (χ4n) is 3.35. The number of nitrogens with zero attached hydrogens (tertiary/aromatic N) is 1. The van der Waals surface area contributed by atoms with Crippen LogP contribution in [0.2, 0.25) is 0 Å². The van der Waals surface area contributed by atoms with Crippen LogP contribution in [0.4, 0.5) is 0 Å². The molecule has 7 heteroatoms. The highest BCUT2D eigenvalue weighted by Crippen LogP contribution is 2.46. The number of sulfone groups is 2. The molecule has 1 atom stereocenters. The van der Waals surface area contributed by atoms with Crippen molar-refractivity contribution >= 4 is 19.7 Å². The smallest absolute Gasteiger partial charge is 0.198 e. The molecule has 0 N–H and O–H groups in total. The number of rotatable bonds is 6. The van der Waals surface area contributed by atoms with Crippen LogP contribution in [-0.2, 0) is 30.2 Å². The summed E-state index contributed by atoms with van der Waals surface area (Å²) >= 11 is 0. The van der Waals surface area contributed by atoms with Crippen LogP contribution in [0.25, 0.3) is 0 Å². The van der Waals surface area contributed by atoms with Crippen LogP contribution in [0.15, 0.2) is 24.3 Å². The Labute approximate surface area is 139 Å². The summed E-state index contributed by atoms with van der Waals surface area (Å²) in [6.45, 7) is 2.18. The molecular formula is C16H25NO4S2. The third-order valence-electron chi connectivity index (χ3n) is 4.56. The van der Waals surface area contributed by atoms with Crippen molar-refractivity contribution in [3.05, 3.63) is 35.4 Å². The van der Waals surface area contributed by atoms with Crippen molar-refractivity contribution in [3.63, 3.8) is 0 Å². The van der Waals surface area contributed by atoms with E-state index in [0.717, 1.165) is 5.56 Å². The van der Waals surface area contributed by atoms with Gasteiger partial charge in [0.2, 0.25) is 0 Å². The molecule has 0 saturated heterocycles. The molecule has 0 radical (unpaired) electrons. The third-order valence-corrected chi connectivity index (χ3v) is 10.4. The standard InChI is InChI=1S/C16H25NO4S2/c1-4-22(18,19)16(11-7-12-17(2)3)15-9-6-5-8-14(15)10-13-23(16,20)21/h5-6,8-9H,4,7,10-13H2,1-3H3. The van der Waals surface area contributed by atoms with E-state index in [9.17, 15) is 16.8 Å². The average Bonchev–Trinajstić information content (AvgIpc) is 2.49. The first-order valence-corrected chi connectivity index (χ1v) is 11.2. The Kier molecular flexibility index (Phi) is 5.23. The lowest BCUT2D eigenvalue weighted by Gasteiger charge is -2.38. The lowest BCUT2D eigenvalue weighted by Crippen LogP contribution is -2.49. The molecule has 0 amide bonds. The van der Waals surface area contributed by atoms with Crippen LogP contribution in [0.3, 0.4) is 0 Å². The molecule has 0 bridgehead atoms. The molecular weight excluding hydrogens is 334 g/mol. The molecule has 0 aliphatic carbocycles. The van der Waals surface area contributed by atoms with Crippen LogP contribution in [-0.4, -0.2) is 53.9 Å². The molecule has 130 valence electrons. The largest absolute Gasteiger partial charge is 0.309 e. The fourth-order valence-corrected chi connectivity index (χ4v) is 8.77. The van der Waals surface area contributed by atoms with Gasteiger partial charge >= 0.3 is 0 Å². The van der Waals surface area contributed by atoms with Gasteiger partial charge in [-0.3, -0.25) is 0 Å². The minimum atomic E-state index is -3.81. The van der Waals surface area contributed by atoms with E-state index in [4.69, 9.17) is 0 Å². The predicted molar refractivity (Wildman–Crippen MR) is 92.9 cm³/mol. The summed E-state index contributed by atoms with van der Waals surface area (Å²) in [5.41, 5.74) is 1.30. The molecule has 1 unspecified atom stereocenters. The molecule has 2 rings (SSSR count). The van der Waals surface area contributed by atoms with Crippen molar-refractivity contribution < 1.29 is 16.8 Å². The molecule has 1 aliphatic rings. The summed E-state index contributed by atoms with van der Waals surface area (Å²) < 4.78 is 50.0. The minimum Gasteiger partial charge on any atom is -0.309 e. The van der Waals surface area contributed by atoms with Gasteiger partial charge in [0, 0.05) is 5.75 Å². The van der Waals surface area contributed by atoms with Crippen LogP contribution < -0.4 is 0 Å². The SMILES string of the molecule is CCS(=O)(=O)C1(CCCN(C)C)c2ccccc2CCS1(=O)=O. The Morgan fingerprint density at radius 3 is 2.48 bits per heavy atom. The Hall–Kier alpha value is -0.920. The molecule has 1 heterocycles. The first-order chi connectivity index (χ1) is 10.7. The number of hydrogen-bond donors (Lipinski definition) is 0. The van der Waals surface area contributed by atoms with Gasteiger partial charge < -0.3 is 4.90 Å². The molecule has 1 aromatic carbocycles. The molecule has 5 nitrogen and oxygen atoms in total. The first kappa shape index (κ1) is 18.4. The van der Waals surface area contributed by atoms with Gasteiger partial charge in [-0.2, -0.15) is 0 Å². The van der Waals surface area contributed by atoms with E-state index < -0.39 is 23.8 Å². The highest BCUT2D eigenvalue weighted by molar-refractivity contribution is 8.09. The van der Waals surface area contributed by atoms with E-state index in [1.807, 2.05) is 31.1 Å². The van der Waals surface area contributed by atoms with E-state index >= 15 is 0 Å². The Balaban J connectivity index is 2.68. The maximum atomic E-state index is 13.0. The first-order valence-electron chi connectivity index (χ1n) is 7.85. The summed E-state index contributed by atoms with van der Waals surface area (Å²) in [6.07, 6.45) is 1.01. The molecule has 23 heavy (non-hydrogen) atoms. The predicted octanol–water partition coefficient (Wildman–Crippen LogP) is 1.59.